The Balaban J connectivity index is 3.39. The number of aliphatic hydroxyl groups is 2. The molecule has 0 heterocycles. The van der Waals surface area contributed by atoms with Crippen LogP contribution in [0.15, 0.2) is 24.3 Å². The zero-order valence-corrected chi connectivity index (χ0v) is 53.6. The number of nitrogens with one attached hydrogen (secondary N) is 1. The van der Waals surface area contributed by atoms with E-state index in [1.54, 1.807) is 6.08 Å². The number of aliphatic hydroxyl groups excluding tert-OH is 2. The number of carbonyl (C=O) groups excluding carboxylic acids is 2. The molecular formula is C73H141NO5. The number of rotatable bonds is 68. The molecular weight excluding hydrogens is 971 g/mol. The van der Waals surface area contributed by atoms with E-state index in [-0.39, 0.29) is 18.5 Å². The third-order valence-corrected chi connectivity index (χ3v) is 17.0. The first kappa shape index (κ1) is 77.3. The van der Waals surface area contributed by atoms with Gasteiger partial charge >= 0.3 is 5.97 Å². The SMILES string of the molecule is CCCCCCCCCCCCCCCCCCC/C=C/C(O)C(CO)NC(=O)CCCCCCCCCCCCC/C=C\CCCCCCCCCCCCCCOC(=O)CCCCCCCCCCCCCCCCCC. The van der Waals surface area contributed by atoms with Crippen molar-refractivity contribution >= 4 is 11.9 Å². The summed E-state index contributed by atoms with van der Waals surface area (Å²) in [4.78, 5) is 24.6. The summed E-state index contributed by atoms with van der Waals surface area (Å²) in [6.07, 6.45) is 86.9. The van der Waals surface area contributed by atoms with Crippen LogP contribution in [0.3, 0.4) is 0 Å². The summed E-state index contributed by atoms with van der Waals surface area (Å²) in [7, 11) is 0. The topological polar surface area (TPSA) is 95.9 Å². The van der Waals surface area contributed by atoms with Crippen molar-refractivity contribution in [2.75, 3.05) is 13.2 Å². The minimum Gasteiger partial charge on any atom is -0.466 e. The van der Waals surface area contributed by atoms with Crippen molar-refractivity contribution in [3.05, 3.63) is 24.3 Å². The fraction of sp³-hybridized carbons (Fsp3) is 0.918. The maximum absolute atomic E-state index is 12.5. The van der Waals surface area contributed by atoms with Gasteiger partial charge in [-0.25, -0.2) is 0 Å². The van der Waals surface area contributed by atoms with Gasteiger partial charge in [-0.05, 0) is 57.8 Å². The van der Waals surface area contributed by atoms with E-state index in [0.29, 0.717) is 19.4 Å². The van der Waals surface area contributed by atoms with Crippen LogP contribution in [0.4, 0.5) is 0 Å². The predicted molar refractivity (Wildman–Crippen MR) is 347 cm³/mol. The number of ether oxygens (including phenoxy) is 1. The second kappa shape index (κ2) is 68.8. The second-order valence-corrected chi connectivity index (χ2v) is 24.9. The quantitative estimate of drug-likeness (QED) is 0.0320. The molecule has 3 N–H and O–H groups in total. The van der Waals surface area contributed by atoms with Gasteiger partial charge in [-0.15, -0.1) is 0 Å². The molecule has 0 saturated heterocycles. The van der Waals surface area contributed by atoms with E-state index in [1.807, 2.05) is 6.08 Å². The minimum atomic E-state index is -0.845. The molecule has 0 aromatic rings. The molecule has 0 radical (unpaired) electrons. The fourth-order valence-electron chi connectivity index (χ4n) is 11.5. The molecule has 0 saturated carbocycles. The molecule has 0 aromatic carbocycles. The Bertz CT molecular complexity index is 1230. The van der Waals surface area contributed by atoms with E-state index in [4.69, 9.17) is 4.74 Å². The van der Waals surface area contributed by atoms with Crippen molar-refractivity contribution in [2.45, 2.75) is 418 Å². The van der Waals surface area contributed by atoms with Gasteiger partial charge in [0.25, 0.3) is 0 Å². The van der Waals surface area contributed by atoms with E-state index >= 15 is 0 Å². The van der Waals surface area contributed by atoms with E-state index in [1.165, 1.54) is 340 Å². The molecule has 0 fully saturated rings. The van der Waals surface area contributed by atoms with Crippen LogP contribution in [-0.4, -0.2) is 47.4 Å². The molecule has 2 unspecified atom stereocenters. The molecule has 2 atom stereocenters. The van der Waals surface area contributed by atoms with Crippen LogP contribution in [0.5, 0.6) is 0 Å². The summed E-state index contributed by atoms with van der Waals surface area (Å²) in [5.41, 5.74) is 0. The lowest BCUT2D eigenvalue weighted by Gasteiger charge is -2.20. The first-order valence-electron chi connectivity index (χ1n) is 36.1. The highest BCUT2D eigenvalue weighted by atomic mass is 16.5. The van der Waals surface area contributed by atoms with Crippen LogP contribution >= 0.6 is 0 Å². The number of amides is 1. The highest BCUT2D eigenvalue weighted by molar-refractivity contribution is 5.76. The predicted octanol–water partition coefficient (Wildman–Crippen LogP) is 23.3. The van der Waals surface area contributed by atoms with Gasteiger partial charge < -0.3 is 20.3 Å². The number of carbonyl (C=O) groups is 2. The molecule has 6 nitrogen and oxygen atoms in total. The number of hydrogen-bond acceptors (Lipinski definition) is 5. The third kappa shape index (κ3) is 65.4. The molecule has 468 valence electrons. The molecule has 0 bridgehead atoms. The van der Waals surface area contributed by atoms with Crippen molar-refractivity contribution in [1.82, 2.24) is 5.32 Å². The van der Waals surface area contributed by atoms with Crippen molar-refractivity contribution in [3.63, 3.8) is 0 Å². The van der Waals surface area contributed by atoms with E-state index < -0.39 is 12.1 Å². The fourth-order valence-corrected chi connectivity index (χ4v) is 11.5. The molecule has 0 aliphatic carbocycles. The van der Waals surface area contributed by atoms with Crippen LogP contribution in [0.25, 0.3) is 0 Å². The van der Waals surface area contributed by atoms with E-state index in [9.17, 15) is 19.8 Å². The highest BCUT2D eigenvalue weighted by Gasteiger charge is 2.18. The summed E-state index contributed by atoms with van der Waals surface area (Å²) in [6.45, 7) is 4.95. The maximum atomic E-state index is 12.5. The average molecular weight is 1110 g/mol. The van der Waals surface area contributed by atoms with Crippen molar-refractivity contribution < 1.29 is 24.5 Å². The zero-order valence-electron chi connectivity index (χ0n) is 53.6. The van der Waals surface area contributed by atoms with Gasteiger partial charge in [-0.2, -0.15) is 0 Å². The first-order valence-corrected chi connectivity index (χ1v) is 36.1. The highest BCUT2D eigenvalue weighted by Crippen LogP contribution is 2.19. The van der Waals surface area contributed by atoms with E-state index in [2.05, 4.69) is 31.3 Å². The maximum Gasteiger partial charge on any atom is 0.305 e. The van der Waals surface area contributed by atoms with Crippen LogP contribution in [0.1, 0.15) is 406 Å². The lowest BCUT2D eigenvalue weighted by atomic mass is 10.0. The minimum absolute atomic E-state index is 0.0190. The smallest absolute Gasteiger partial charge is 0.305 e. The summed E-state index contributed by atoms with van der Waals surface area (Å²) in [6, 6.07) is -0.629. The van der Waals surface area contributed by atoms with Gasteiger partial charge in [0.2, 0.25) is 5.91 Å². The average Bonchev–Trinajstić information content (AvgIpc) is 3.45. The Morgan fingerprint density at radius 3 is 0.899 bits per heavy atom. The van der Waals surface area contributed by atoms with Crippen molar-refractivity contribution in [3.8, 4) is 0 Å². The lowest BCUT2D eigenvalue weighted by molar-refractivity contribution is -0.143. The standard InChI is InChI=1S/C73H141NO5/c1-3-5-7-9-11-13-15-17-19-21-31-34-37-41-45-49-53-57-61-65-71(76)70(69-75)74-72(77)66-62-58-54-50-46-42-38-35-32-29-27-25-23-22-24-26-28-30-33-36-40-44-48-52-56-60-64-68-79-73(78)67-63-59-55-51-47-43-39-20-18-16-14-12-10-8-6-4-2/h22-23,61,65,70-71,75-76H,3-21,24-60,62-64,66-69H2,1-2H3,(H,74,77)/b23-22-,65-61+. The number of unbranched alkanes of at least 4 members (excludes halogenated alkanes) is 55. The van der Waals surface area contributed by atoms with Crippen LogP contribution in [0.2, 0.25) is 0 Å². The molecule has 0 aliphatic heterocycles. The Morgan fingerprint density at radius 2 is 0.595 bits per heavy atom. The number of allylic oxidation sites excluding steroid dienone is 3. The van der Waals surface area contributed by atoms with Gasteiger partial charge in [0.15, 0.2) is 0 Å². The molecule has 1 amide bonds. The van der Waals surface area contributed by atoms with Crippen LogP contribution in [-0.2, 0) is 14.3 Å². The van der Waals surface area contributed by atoms with Gasteiger partial charge in [0.1, 0.15) is 0 Å². The summed E-state index contributed by atoms with van der Waals surface area (Å²) < 4.78 is 5.50. The molecule has 0 spiro atoms. The largest absolute Gasteiger partial charge is 0.466 e. The second-order valence-electron chi connectivity index (χ2n) is 24.9. The van der Waals surface area contributed by atoms with Crippen molar-refractivity contribution in [1.29, 1.82) is 0 Å². The third-order valence-electron chi connectivity index (χ3n) is 17.0. The lowest BCUT2D eigenvalue weighted by Crippen LogP contribution is -2.45. The molecule has 0 rings (SSSR count). The number of hydrogen-bond donors (Lipinski definition) is 3. The summed E-state index contributed by atoms with van der Waals surface area (Å²) in [5.74, 6) is -0.0460. The molecule has 79 heavy (non-hydrogen) atoms. The van der Waals surface area contributed by atoms with Crippen LogP contribution in [0, 0.1) is 0 Å². The monoisotopic (exact) mass is 1110 g/mol. The normalized spacial score (nSPS) is 12.6. The zero-order chi connectivity index (χ0) is 57.1. The van der Waals surface area contributed by atoms with Gasteiger partial charge in [0.05, 0.1) is 25.4 Å². The Labute approximate surface area is 494 Å². The number of esters is 1. The Morgan fingerprint density at radius 1 is 0.342 bits per heavy atom. The van der Waals surface area contributed by atoms with Crippen LogP contribution < -0.4 is 5.32 Å². The van der Waals surface area contributed by atoms with Gasteiger partial charge in [-0.1, -0.05) is 359 Å². The van der Waals surface area contributed by atoms with E-state index in [0.717, 1.165) is 38.5 Å². The molecule has 6 heteroatoms. The molecule has 0 aromatic heterocycles. The Kier molecular flexibility index (Phi) is 67.4. The molecule has 0 aliphatic rings. The Hall–Kier alpha value is -1.66. The summed E-state index contributed by atoms with van der Waals surface area (Å²) in [5, 5.41) is 23.2. The first-order chi connectivity index (χ1) is 39.0. The van der Waals surface area contributed by atoms with Gasteiger partial charge in [-0.3, -0.25) is 9.59 Å². The van der Waals surface area contributed by atoms with Crippen molar-refractivity contribution in [2.24, 2.45) is 0 Å². The summed E-state index contributed by atoms with van der Waals surface area (Å²) >= 11 is 0. The van der Waals surface area contributed by atoms with Gasteiger partial charge in [0, 0.05) is 12.8 Å².